The molecule has 6 heteroatoms. The van der Waals surface area contributed by atoms with E-state index in [1.54, 1.807) is 17.9 Å². The maximum Gasteiger partial charge on any atom is 0.303 e. The average molecular weight is 295 g/mol. The number of nitrogens with one attached hydrogen (secondary N) is 1. The van der Waals surface area contributed by atoms with E-state index < -0.39 is 5.97 Å². The van der Waals surface area contributed by atoms with Gasteiger partial charge in [-0.1, -0.05) is 19.8 Å². The zero-order valence-corrected chi connectivity index (χ0v) is 13.1. The zero-order valence-electron chi connectivity index (χ0n) is 13.1. The van der Waals surface area contributed by atoms with E-state index in [1.807, 2.05) is 6.92 Å². The first-order valence-corrected chi connectivity index (χ1v) is 7.44. The van der Waals surface area contributed by atoms with Gasteiger partial charge in [-0.05, 0) is 25.7 Å². The van der Waals surface area contributed by atoms with Crippen LogP contribution in [-0.4, -0.2) is 33.3 Å². The molecule has 0 fully saturated rings. The molecular weight excluding hydrogens is 270 g/mol. The summed E-state index contributed by atoms with van der Waals surface area (Å²) in [7, 11) is 1.78. The lowest BCUT2D eigenvalue weighted by molar-refractivity contribution is -0.137. The first-order valence-electron chi connectivity index (χ1n) is 7.44. The molecule has 1 heterocycles. The molecule has 1 amide bonds. The number of carbonyl (C=O) groups excluding carboxylic acids is 1. The summed E-state index contributed by atoms with van der Waals surface area (Å²) in [6.45, 7) is 4.46. The molecule has 1 rings (SSSR count). The first kappa shape index (κ1) is 17.2. The summed E-state index contributed by atoms with van der Waals surface area (Å²) in [5.41, 5.74) is 1.31. The monoisotopic (exact) mass is 295 g/mol. The normalized spacial score (nSPS) is 12.1. The molecule has 0 aliphatic rings. The molecule has 0 aliphatic heterocycles. The smallest absolute Gasteiger partial charge is 0.303 e. The predicted molar refractivity (Wildman–Crippen MR) is 80.2 cm³/mol. The number of rotatable bonds is 9. The third-order valence-corrected chi connectivity index (χ3v) is 3.56. The number of hydrogen-bond acceptors (Lipinski definition) is 3. The van der Waals surface area contributed by atoms with Crippen LogP contribution in [-0.2, 0) is 11.8 Å². The van der Waals surface area contributed by atoms with Crippen molar-refractivity contribution in [2.75, 3.05) is 6.54 Å². The van der Waals surface area contributed by atoms with Crippen molar-refractivity contribution in [3.05, 3.63) is 17.5 Å². The van der Waals surface area contributed by atoms with Crippen molar-refractivity contribution in [3.63, 3.8) is 0 Å². The van der Waals surface area contributed by atoms with Gasteiger partial charge in [-0.2, -0.15) is 5.10 Å². The van der Waals surface area contributed by atoms with E-state index in [0.29, 0.717) is 30.1 Å². The highest BCUT2D eigenvalue weighted by molar-refractivity contribution is 5.94. The average Bonchev–Trinajstić information content (AvgIpc) is 2.74. The fourth-order valence-electron chi connectivity index (χ4n) is 2.48. The van der Waals surface area contributed by atoms with E-state index in [1.165, 1.54) is 0 Å². The van der Waals surface area contributed by atoms with Crippen LogP contribution < -0.4 is 5.32 Å². The molecule has 1 aromatic rings. The van der Waals surface area contributed by atoms with E-state index in [2.05, 4.69) is 17.3 Å². The molecule has 21 heavy (non-hydrogen) atoms. The van der Waals surface area contributed by atoms with Gasteiger partial charge in [0.25, 0.3) is 5.91 Å². The molecule has 118 valence electrons. The fraction of sp³-hybridized carbons (Fsp3) is 0.667. The van der Waals surface area contributed by atoms with Crippen molar-refractivity contribution in [2.45, 2.75) is 46.0 Å². The maximum atomic E-state index is 12.0. The summed E-state index contributed by atoms with van der Waals surface area (Å²) >= 11 is 0. The minimum absolute atomic E-state index is 0.117. The van der Waals surface area contributed by atoms with Crippen LogP contribution >= 0.6 is 0 Å². The van der Waals surface area contributed by atoms with E-state index in [-0.39, 0.29) is 12.3 Å². The van der Waals surface area contributed by atoms with Gasteiger partial charge in [0.05, 0.1) is 11.3 Å². The van der Waals surface area contributed by atoms with Crippen LogP contribution in [0.5, 0.6) is 0 Å². The molecular formula is C15H25N3O3. The Labute approximate surface area is 125 Å². The third-order valence-electron chi connectivity index (χ3n) is 3.56. The number of carboxylic acids is 1. The summed E-state index contributed by atoms with van der Waals surface area (Å²) in [5.74, 6) is -0.526. The van der Waals surface area contributed by atoms with Crippen molar-refractivity contribution >= 4 is 11.9 Å². The summed E-state index contributed by atoms with van der Waals surface area (Å²) in [6, 6.07) is 0. The lowest BCUT2D eigenvalue weighted by Crippen LogP contribution is -2.26. The molecule has 0 aromatic carbocycles. The second-order valence-electron chi connectivity index (χ2n) is 5.43. The Hall–Kier alpha value is -1.85. The lowest BCUT2D eigenvalue weighted by Gasteiger charge is -2.15. The Kier molecular flexibility index (Phi) is 6.91. The number of amides is 1. The highest BCUT2D eigenvalue weighted by atomic mass is 16.4. The molecule has 0 saturated carbocycles. The lowest BCUT2D eigenvalue weighted by atomic mass is 9.94. The predicted octanol–water partition coefficient (Wildman–Crippen LogP) is 2.13. The Bertz CT molecular complexity index is 483. The highest BCUT2D eigenvalue weighted by Crippen LogP contribution is 2.17. The molecule has 0 spiro atoms. The topological polar surface area (TPSA) is 84.2 Å². The number of carboxylic acid groups (broad SMARTS) is 1. The zero-order chi connectivity index (χ0) is 15.8. The van der Waals surface area contributed by atoms with Crippen LogP contribution in [0.1, 0.15) is 55.1 Å². The first-order chi connectivity index (χ1) is 9.93. The van der Waals surface area contributed by atoms with Gasteiger partial charge in [0.1, 0.15) is 0 Å². The van der Waals surface area contributed by atoms with Gasteiger partial charge in [0, 0.05) is 26.2 Å². The summed E-state index contributed by atoms with van der Waals surface area (Å²) in [4.78, 5) is 22.7. The minimum Gasteiger partial charge on any atom is -0.481 e. The van der Waals surface area contributed by atoms with Gasteiger partial charge in [-0.3, -0.25) is 14.3 Å². The summed E-state index contributed by atoms with van der Waals surface area (Å²) < 4.78 is 1.62. The van der Waals surface area contributed by atoms with Gasteiger partial charge >= 0.3 is 5.97 Å². The van der Waals surface area contributed by atoms with Gasteiger partial charge in [0.15, 0.2) is 0 Å². The molecule has 0 bridgehead atoms. The van der Waals surface area contributed by atoms with Crippen LogP contribution in [0, 0.1) is 12.8 Å². The van der Waals surface area contributed by atoms with Crippen molar-refractivity contribution in [2.24, 2.45) is 13.0 Å². The Balaban J connectivity index is 2.40. The van der Waals surface area contributed by atoms with Gasteiger partial charge in [-0.15, -0.1) is 0 Å². The summed E-state index contributed by atoms with van der Waals surface area (Å²) in [6.07, 6.45) is 5.41. The van der Waals surface area contributed by atoms with E-state index >= 15 is 0 Å². The Morgan fingerprint density at radius 2 is 2.10 bits per heavy atom. The molecule has 0 aliphatic carbocycles. The number of carbonyl (C=O) groups is 2. The molecule has 6 nitrogen and oxygen atoms in total. The number of hydrogen-bond donors (Lipinski definition) is 2. The number of aliphatic carboxylic acids is 1. The van der Waals surface area contributed by atoms with Crippen LogP contribution in [0.15, 0.2) is 6.20 Å². The van der Waals surface area contributed by atoms with Crippen LogP contribution in [0.3, 0.4) is 0 Å². The van der Waals surface area contributed by atoms with Crippen molar-refractivity contribution < 1.29 is 14.7 Å². The Morgan fingerprint density at radius 3 is 2.62 bits per heavy atom. The number of aromatic nitrogens is 2. The quantitative estimate of drug-likeness (QED) is 0.731. The molecule has 0 radical (unpaired) electrons. The molecule has 2 N–H and O–H groups in total. The van der Waals surface area contributed by atoms with E-state index in [9.17, 15) is 9.59 Å². The molecule has 1 aromatic heterocycles. The van der Waals surface area contributed by atoms with Gasteiger partial charge < -0.3 is 10.4 Å². The maximum absolute atomic E-state index is 12.0. The largest absolute Gasteiger partial charge is 0.481 e. The van der Waals surface area contributed by atoms with Crippen molar-refractivity contribution in [3.8, 4) is 0 Å². The second kappa shape index (κ2) is 8.44. The van der Waals surface area contributed by atoms with Gasteiger partial charge in [-0.25, -0.2) is 0 Å². The van der Waals surface area contributed by atoms with Crippen LogP contribution in [0.2, 0.25) is 0 Å². The van der Waals surface area contributed by atoms with Gasteiger partial charge in [0.2, 0.25) is 0 Å². The highest BCUT2D eigenvalue weighted by Gasteiger charge is 2.14. The second-order valence-corrected chi connectivity index (χ2v) is 5.43. The number of aryl methyl sites for hydroxylation is 2. The fourth-order valence-corrected chi connectivity index (χ4v) is 2.48. The third kappa shape index (κ3) is 5.97. The molecule has 1 unspecified atom stereocenters. The molecule has 1 atom stereocenters. The Morgan fingerprint density at radius 1 is 1.38 bits per heavy atom. The van der Waals surface area contributed by atoms with Crippen LogP contribution in [0.4, 0.5) is 0 Å². The molecule has 0 saturated heterocycles. The van der Waals surface area contributed by atoms with E-state index in [0.717, 1.165) is 19.3 Å². The standard InChI is InChI=1S/C15H25N3O3/c1-4-5-12(6-7-14(19)20)8-9-16-15(21)13-10-18(3)17-11(13)2/h10,12H,4-9H2,1-3H3,(H,16,21)(H,19,20). The summed E-state index contributed by atoms with van der Waals surface area (Å²) in [5, 5.41) is 15.8. The minimum atomic E-state index is -0.758. The van der Waals surface area contributed by atoms with Crippen LogP contribution in [0.25, 0.3) is 0 Å². The van der Waals surface area contributed by atoms with Crippen molar-refractivity contribution in [1.82, 2.24) is 15.1 Å². The van der Waals surface area contributed by atoms with E-state index in [4.69, 9.17) is 5.11 Å². The van der Waals surface area contributed by atoms with Crippen molar-refractivity contribution in [1.29, 1.82) is 0 Å². The SMILES string of the molecule is CCCC(CCNC(=O)c1cn(C)nc1C)CCC(=O)O. The number of nitrogens with zero attached hydrogens (tertiary/aromatic N) is 2.